The molecule has 0 radical (unpaired) electrons. The summed E-state index contributed by atoms with van der Waals surface area (Å²) in [5, 5.41) is 0. The van der Waals surface area contributed by atoms with Crippen LogP contribution in [0.1, 0.15) is 13.8 Å². The van der Waals surface area contributed by atoms with Crippen molar-refractivity contribution in [3.05, 3.63) is 22.7 Å². The Morgan fingerprint density at radius 2 is 2.08 bits per heavy atom. The molecular formula is C10H13BrOS. The highest BCUT2D eigenvalue weighted by Gasteiger charge is 2.04. The lowest BCUT2D eigenvalue weighted by atomic mass is 10.3. The first-order valence-electron chi connectivity index (χ1n) is 4.13. The average Bonchev–Trinajstić information content (AvgIpc) is 2.03. The van der Waals surface area contributed by atoms with Gasteiger partial charge in [-0.1, -0.05) is 15.9 Å². The summed E-state index contributed by atoms with van der Waals surface area (Å²) in [4.78, 5) is 1.18. The van der Waals surface area contributed by atoms with Gasteiger partial charge in [-0.25, -0.2) is 0 Å². The summed E-state index contributed by atoms with van der Waals surface area (Å²) < 4.78 is 6.72. The van der Waals surface area contributed by atoms with E-state index < -0.39 is 0 Å². The van der Waals surface area contributed by atoms with Crippen LogP contribution in [0.3, 0.4) is 0 Å². The zero-order chi connectivity index (χ0) is 9.84. The van der Waals surface area contributed by atoms with Gasteiger partial charge in [0.25, 0.3) is 0 Å². The molecule has 0 unspecified atom stereocenters. The van der Waals surface area contributed by atoms with Crippen molar-refractivity contribution in [3.8, 4) is 5.75 Å². The fourth-order valence-electron chi connectivity index (χ4n) is 0.997. The molecule has 0 aliphatic rings. The molecule has 1 rings (SSSR count). The molecule has 0 aliphatic heterocycles. The minimum atomic E-state index is 0.222. The second kappa shape index (κ2) is 4.91. The first-order valence-corrected chi connectivity index (χ1v) is 6.15. The van der Waals surface area contributed by atoms with Crippen LogP contribution in [0.2, 0.25) is 0 Å². The van der Waals surface area contributed by atoms with Gasteiger partial charge in [-0.15, -0.1) is 11.8 Å². The van der Waals surface area contributed by atoms with Gasteiger partial charge in [0.15, 0.2) is 0 Å². The third kappa shape index (κ3) is 3.24. The molecule has 0 bridgehead atoms. The van der Waals surface area contributed by atoms with Crippen molar-refractivity contribution in [1.29, 1.82) is 0 Å². The van der Waals surface area contributed by atoms with Gasteiger partial charge in [0.1, 0.15) is 5.75 Å². The van der Waals surface area contributed by atoms with Crippen LogP contribution in [0, 0.1) is 0 Å². The molecule has 0 aliphatic carbocycles. The maximum absolute atomic E-state index is 5.67. The smallest absolute Gasteiger partial charge is 0.134 e. The Morgan fingerprint density at radius 3 is 2.62 bits per heavy atom. The molecule has 1 aromatic rings. The second-order valence-electron chi connectivity index (χ2n) is 2.96. The molecular weight excluding hydrogens is 248 g/mol. The van der Waals surface area contributed by atoms with E-state index in [1.807, 2.05) is 26.0 Å². The van der Waals surface area contributed by atoms with Gasteiger partial charge < -0.3 is 4.74 Å². The Hall–Kier alpha value is -0.150. The summed E-state index contributed by atoms with van der Waals surface area (Å²) in [5.74, 6) is 0.955. The van der Waals surface area contributed by atoms with Crippen molar-refractivity contribution in [3.63, 3.8) is 0 Å². The first kappa shape index (κ1) is 10.9. The van der Waals surface area contributed by atoms with E-state index >= 15 is 0 Å². The minimum Gasteiger partial charge on any atom is -0.490 e. The number of benzene rings is 1. The van der Waals surface area contributed by atoms with Crippen LogP contribution in [0.15, 0.2) is 27.6 Å². The first-order chi connectivity index (χ1) is 6.13. The summed E-state index contributed by atoms with van der Waals surface area (Å²) in [6.07, 6.45) is 2.27. The fraction of sp³-hybridized carbons (Fsp3) is 0.400. The van der Waals surface area contributed by atoms with Gasteiger partial charge in [-0.2, -0.15) is 0 Å². The zero-order valence-corrected chi connectivity index (χ0v) is 10.4. The topological polar surface area (TPSA) is 9.23 Å². The highest BCUT2D eigenvalue weighted by Crippen LogP contribution is 2.31. The van der Waals surface area contributed by atoms with Gasteiger partial charge in [0, 0.05) is 9.37 Å². The molecule has 0 spiro atoms. The Bertz CT molecular complexity index is 286. The lowest BCUT2D eigenvalue weighted by Crippen LogP contribution is -2.06. The lowest BCUT2D eigenvalue weighted by molar-refractivity contribution is 0.236. The van der Waals surface area contributed by atoms with Crippen molar-refractivity contribution >= 4 is 27.7 Å². The molecule has 1 aromatic carbocycles. The molecule has 0 atom stereocenters. The van der Waals surface area contributed by atoms with Gasteiger partial charge in [-0.05, 0) is 38.3 Å². The third-order valence-electron chi connectivity index (χ3n) is 1.49. The molecule has 1 nitrogen and oxygen atoms in total. The molecule has 0 heterocycles. The van der Waals surface area contributed by atoms with Gasteiger partial charge in [0.05, 0.1) is 6.10 Å². The molecule has 0 fully saturated rings. The summed E-state index contributed by atoms with van der Waals surface area (Å²) in [7, 11) is 0. The number of hydrogen-bond acceptors (Lipinski definition) is 2. The molecule has 0 amide bonds. The van der Waals surface area contributed by atoms with E-state index in [9.17, 15) is 0 Å². The van der Waals surface area contributed by atoms with E-state index in [2.05, 4.69) is 28.3 Å². The summed E-state index contributed by atoms with van der Waals surface area (Å²) in [6.45, 7) is 4.07. The largest absolute Gasteiger partial charge is 0.490 e. The Morgan fingerprint density at radius 1 is 1.38 bits per heavy atom. The second-order valence-corrected chi connectivity index (χ2v) is 4.73. The van der Waals surface area contributed by atoms with Crippen LogP contribution < -0.4 is 4.74 Å². The van der Waals surface area contributed by atoms with Crippen LogP contribution >= 0.6 is 27.7 Å². The predicted octanol–water partition coefficient (Wildman–Crippen LogP) is 3.96. The van der Waals surface area contributed by atoms with Gasteiger partial charge in [-0.3, -0.25) is 0 Å². The summed E-state index contributed by atoms with van der Waals surface area (Å²) >= 11 is 5.13. The molecule has 3 heteroatoms. The van der Waals surface area contributed by atoms with Crippen LogP contribution in [0.25, 0.3) is 0 Å². The number of hydrogen-bond donors (Lipinski definition) is 0. The number of ether oxygens (including phenoxy) is 1. The van der Waals surface area contributed by atoms with Gasteiger partial charge >= 0.3 is 0 Å². The van der Waals surface area contributed by atoms with E-state index in [-0.39, 0.29) is 6.10 Å². The quantitative estimate of drug-likeness (QED) is 0.762. The van der Waals surface area contributed by atoms with E-state index in [0.29, 0.717) is 0 Å². The van der Waals surface area contributed by atoms with E-state index in [1.165, 1.54) is 4.90 Å². The average molecular weight is 261 g/mol. The molecule has 13 heavy (non-hydrogen) atoms. The Balaban J connectivity index is 2.94. The number of thioether (sulfide) groups is 1. The van der Waals surface area contributed by atoms with Crippen molar-refractivity contribution in [1.82, 2.24) is 0 Å². The van der Waals surface area contributed by atoms with E-state index in [0.717, 1.165) is 10.2 Å². The van der Waals surface area contributed by atoms with Crippen LogP contribution in [-0.2, 0) is 0 Å². The lowest BCUT2D eigenvalue weighted by Gasteiger charge is -2.13. The fourth-order valence-corrected chi connectivity index (χ4v) is 1.85. The van der Waals surface area contributed by atoms with Crippen molar-refractivity contribution < 1.29 is 4.74 Å². The maximum Gasteiger partial charge on any atom is 0.134 e. The van der Waals surface area contributed by atoms with Crippen LogP contribution in [-0.4, -0.2) is 12.4 Å². The molecule has 0 aromatic heterocycles. The molecule has 72 valence electrons. The van der Waals surface area contributed by atoms with Crippen molar-refractivity contribution in [2.45, 2.75) is 24.8 Å². The molecule has 0 saturated heterocycles. The normalized spacial score (nSPS) is 10.5. The van der Waals surface area contributed by atoms with Crippen LogP contribution in [0.5, 0.6) is 5.75 Å². The minimum absolute atomic E-state index is 0.222. The standard InChI is InChI=1S/C10H13BrOS/c1-7(2)12-9-6-8(11)4-5-10(9)13-3/h4-7H,1-3H3. The Labute approximate surface area is 92.0 Å². The third-order valence-corrected chi connectivity index (χ3v) is 2.76. The molecule has 0 saturated carbocycles. The SMILES string of the molecule is CSc1ccc(Br)cc1OC(C)C. The number of halogens is 1. The molecule has 0 N–H and O–H groups in total. The van der Waals surface area contributed by atoms with Crippen LogP contribution in [0.4, 0.5) is 0 Å². The highest BCUT2D eigenvalue weighted by molar-refractivity contribution is 9.10. The Kier molecular flexibility index (Phi) is 4.13. The van der Waals surface area contributed by atoms with Gasteiger partial charge in [0.2, 0.25) is 0 Å². The maximum atomic E-state index is 5.67. The summed E-state index contributed by atoms with van der Waals surface area (Å²) in [6, 6.07) is 6.09. The number of rotatable bonds is 3. The van der Waals surface area contributed by atoms with Crippen molar-refractivity contribution in [2.75, 3.05) is 6.26 Å². The summed E-state index contributed by atoms with van der Waals surface area (Å²) in [5.41, 5.74) is 0. The zero-order valence-electron chi connectivity index (χ0n) is 8.00. The van der Waals surface area contributed by atoms with E-state index in [1.54, 1.807) is 11.8 Å². The highest BCUT2D eigenvalue weighted by atomic mass is 79.9. The predicted molar refractivity (Wildman–Crippen MR) is 61.7 cm³/mol. The monoisotopic (exact) mass is 260 g/mol. The van der Waals surface area contributed by atoms with Crippen molar-refractivity contribution in [2.24, 2.45) is 0 Å². The van der Waals surface area contributed by atoms with E-state index in [4.69, 9.17) is 4.74 Å².